The van der Waals surface area contributed by atoms with E-state index in [1.807, 2.05) is 24.3 Å². The summed E-state index contributed by atoms with van der Waals surface area (Å²) in [4.78, 5) is 11.9. The van der Waals surface area contributed by atoms with Gasteiger partial charge in [-0.15, -0.1) is 0 Å². The van der Waals surface area contributed by atoms with Gasteiger partial charge >= 0.3 is 0 Å². The first kappa shape index (κ1) is 16.7. The molecule has 0 aliphatic carbocycles. The van der Waals surface area contributed by atoms with Crippen molar-refractivity contribution >= 4 is 15.7 Å². The lowest BCUT2D eigenvalue weighted by Gasteiger charge is -2.21. The maximum Gasteiger partial charge on any atom is 0.241 e. The van der Waals surface area contributed by atoms with Crippen LogP contribution in [0.5, 0.6) is 0 Å². The number of benzene rings is 1. The molecule has 20 heavy (non-hydrogen) atoms. The maximum absolute atomic E-state index is 11.9. The van der Waals surface area contributed by atoms with E-state index in [1.165, 1.54) is 13.8 Å². The van der Waals surface area contributed by atoms with E-state index in [1.54, 1.807) is 0 Å². The lowest BCUT2D eigenvalue weighted by Crippen LogP contribution is -2.47. The molecule has 0 fully saturated rings. The molecule has 112 valence electrons. The molecular formula is C14H22N2O3S. The summed E-state index contributed by atoms with van der Waals surface area (Å²) < 4.78 is 21.7. The van der Waals surface area contributed by atoms with Crippen LogP contribution in [0.1, 0.15) is 25.0 Å². The molecule has 0 aromatic heterocycles. The monoisotopic (exact) mass is 298 g/mol. The Bertz CT molecular complexity index is 563. The van der Waals surface area contributed by atoms with E-state index in [9.17, 15) is 13.2 Å². The average Bonchev–Trinajstić information content (AvgIpc) is 2.36. The molecule has 5 nitrogen and oxygen atoms in total. The van der Waals surface area contributed by atoms with E-state index in [4.69, 9.17) is 5.73 Å². The number of hydrogen-bond acceptors (Lipinski definition) is 4. The second-order valence-electron chi connectivity index (χ2n) is 5.32. The number of nitrogens with two attached hydrogens (primary N) is 1. The zero-order valence-electron chi connectivity index (χ0n) is 12.1. The molecule has 1 aromatic carbocycles. The SMILES string of the molecule is CC(C)(C(=O)NCc1ccc(CCN)cc1)S(C)(=O)=O. The molecule has 0 heterocycles. The summed E-state index contributed by atoms with van der Waals surface area (Å²) in [5.41, 5.74) is 7.53. The predicted molar refractivity (Wildman–Crippen MR) is 80.0 cm³/mol. The van der Waals surface area contributed by atoms with Gasteiger partial charge in [-0.3, -0.25) is 4.79 Å². The van der Waals surface area contributed by atoms with Crippen LogP contribution in [0.2, 0.25) is 0 Å². The summed E-state index contributed by atoms with van der Waals surface area (Å²) in [6.07, 6.45) is 1.88. The highest BCUT2D eigenvalue weighted by Crippen LogP contribution is 2.15. The largest absolute Gasteiger partial charge is 0.351 e. The molecule has 0 saturated carbocycles. The van der Waals surface area contributed by atoms with Gasteiger partial charge in [0.2, 0.25) is 5.91 Å². The van der Waals surface area contributed by atoms with E-state index in [0.29, 0.717) is 13.1 Å². The number of hydrogen-bond donors (Lipinski definition) is 2. The van der Waals surface area contributed by atoms with Crippen molar-refractivity contribution in [2.75, 3.05) is 12.8 Å². The van der Waals surface area contributed by atoms with Crippen LogP contribution in [0.15, 0.2) is 24.3 Å². The first-order chi connectivity index (χ1) is 9.18. The molecule has 3 N–H and O–H groups in total. The van der Waals surface area contributed by atoms with Crippen molar-refractivity contribution in [2.24, 2.45) is 5.73 Å². The Morgan fingerprint density at radius 3 is 2.15 bits per heavy atom. The highest BCUT2D eigenvalue weighted by molar-refractivity contribution is 7.92. The number of nitrogens with one attached hydrogen (secondary N) is 1. The number of carbonyl (C=O) groups is 1. The number of sulfone groups is 1. The molecule has 1 aromatic rings. The van der Waals surface area contributed by atoms with Crippen LogP contribution >= 0.6 is 0 Å². The van der Waals surface area contributed by atoms with Crippen LogP contribution in [0.4, 0.5) is 0 Å². The van der Waals surface area contributed by atoms with Crippen LogP contribution < -0.4 is 11.1 Å². The van der Waals surface area contributed by atoms with Gasteiger partial charge in [0.15, 0.2) is 9.84 Å². The molecule has 1 amide bonds. The standard InChI is InChI=1S/C14H22N2O3S/c1-14(2,20(3,18)19)13(17)16-10-12-6-4-11(5-7-12)8-9-15/h4-7H,8-10,15H2,1-3H3,(H,16,17). The Balaban J connectivity index is 2.66. The van der Waals surface area contributed by atoms with Crippen molar-refractivity contribution in [3.63, 3.8) is 0 Å². The van der Waals surface area contributed by atoms with E-state index in [-0.39, 0.29) is 0 Å². The third-order valence-corrected chi connectivity index (χ3v) is 5.42. The summed E-state index contributed by atoms with van der Waals surface area (Å²) in [6.45, 7) is 3.71. The Kier molecular flexibility index (Phi) is 5.30. The Morgan fingerprint density at radius 2 is 1.70 bits per heavy atom. The quantitative estimate of drug-likeness (QED) is 0.806. The van der Waals surface area contributed by atoms with E-state index < -0.39 is 20.5 Å². The van der Waals surface area contributed by atoms with Crippen LogP contribution in [0, 0.1) is 0 Å². The van der Waals surface area contributed by atoms with Crippen molar-refractivity contribution in [1.82, 2.24) is 5.32 Å². The predicted octanol–water partition coefficient (Wildman–Crippen LogP) is 0.627. The lowest BCUT2D eigenvalue weighted by atomic mass is 10.1. The number of rotatable bonds is 6. The van der Waals surface area contributed by atoms with Gasteiger partial charge in [-0.1, -0.05) is 24.3 Å². The Hall–Kier alpha value is -1.40. The molecule has 0 bridgehead atoms. The van der Waals surface area contributed by atoms with Crippen LogP contribution in [0.3, 0.4) is 0 Å². The molecule has 6 heteroatoms. The van der Waals surface area contributed by atoms with Crippen molar-refractivity contribution in [2.45, 2.75) is 31.6 Å². The summed E-state index contributed by atoms with van der Waals surface area (Å²) in [5.74, 6) is -0.494. The van der Waals surface area contributed by atoms with E-state index in [2.05, 4.69) is 5.32 Å². The molecular weight excluding hydrogens is 276 g/mol. The fourth-order valence-electron chi connectivity index (χ4n) is 1.55. The van der Waals surface area contributed by atoms with Gasteiger partial charge in [-0.2, -0.15) is 0 Å². The summed E-state index contributed by atoms with van der Waals surface area (Å²) in [7, 11) is -3.45. The first-order valence-electron chi connectivity index (χ1n) is 6.44. The summed E-state index contributed by atoms with van der Waals surface area (Å²) >= 11 is 0. The minimum absolute atomic E-state index is 0.306. The molecule has 0 aliphatic heterocycles. The highest BCUT2D eigenvalue weighted by Gasteiger charge is 2.38. The van der Waals surface area contributed by atoms with Crippen molar-refractivity contribution in [1.29, 1.82) is 0 Å². The molecule has 0 saturated heterocycles. The van der Waals surface area contributed by atoms with Gasteiger partial charge in [0, 0.05) is 12.8 Å². The lowest BCUT2D eigenvalue weighted by molar-refractivity contribution is -0.123. The van der Waals surface area contributed by atoms with Gasteiger partial charge in [-0.25, -0.2) is 8.42 Å². The second-order valence-corrected chi connectivity index (χ2v) is 7.89. The van der Waals surface area contributed by atoms with Crippen LogP contribution in [0.25, 0.3) is 0 Å². The molecule has 0 spiro atoms. The second kappa shape index (κ2) is 6.37. The van der Waals surface area contributed by atoms with Crippen molar-refractivity contribution in [3.05, 3.63) is 35.4 Å². The van der Waals surface area contributed by atoms with E-state index >= 15 is 0 Å². The smallest absolute Gasteiger partial charge is 0.241 e. The Morgan fingerprint density at radius 1 is 1.20 bits per heavy atom. The first-order valence-corrected chi connectivity index (χ1v) is 8.33. The topological polar surface area (TPSA) is 89.3 Å². The third-order valence-electron chi connectivity index (χ3n) is 3.38. The average molecular weight is 298 g/mol. The van der Waals surface area contributed by atoms with Gasteiger partial charge < -0.3 is 11.1 Å². The minimum atomic E-state index is -3.45. The molecule has 0 unspecified atom stereocenters. The zero-order valence-corrected chi connectivity index (χ0v) is 13.0. The summed E-state index contributed by atoms with van der Waals surface area (Å²) in [5, 5.41) is 2.65. The van der Waals surface area contributed by atoms with Gasteiger partial charge in [-0.05, 0) is 37.9 Å². The molecule has 1 rings (SSSR count). The zero-order chi connectivity index (χ0) is 15.4. The van der Waals surface area contributed by atoms with Gasteiger partial charge in [0.05, 0.1) is 0 Å². The van der Waals surface area contributed by atoms with Crippen molar-refractivity contribution < 1.29 is 13.2 Å². The fraction of sp³-hybridized carbons (Fsp3) is 0.500. The molecule has 0 aliphatic rings. The third kappa shape index (κ3) is 4.05. The maximum atomic E-state index is 11.9. The van der Waals surface area contributed by atoms with Gasteiger partial charge in [0.25, 0.3) is 0 Å². The van der Waals surface area contributed by atoms with Crippen molar-refractivity contribution in [3.8, 4) is 0 Å². The van der Waals surface area contributed by atoms with Gasteiger partial charge in [0.1, 0.15) is 4.75 Å². The normalized spacial score (nSPS) is 12.2. The van der Waals surface area contributed by atoms with Crippen LogP contribution in [-0.4, -0.2) is 31.9 Å². The van der Waals surface area contributed by atoms with E-state index in [0.717, 1.165) is 23.8 Å². The minimum Gasteiger partial charge on any atom is -0.351 e. The van der Waals surface area contributed by atoms with Crippen LogP contribution in [-0.2, 0) is 27.6 Å². The number of amides is 1. The number of carbonyl (C=O) groups excluding carboxylic acids is 1. The Labute approximate surface area is 120 Å². The molecule has 0 radical (unpaired) electrons. The summed E-state index contributed by atoms with van der Waals surface area (Å²) in [6, 6.07) is 7.71. The molecule has 0 atom stereocenters. The highest BCUT2D eigenvalue weighted by atomic mass is 32.2. The fourth-order valence-corrected chi connectivity index (χ4v) is 1.96.